The molecule has 0 spiro atoms. The minimum absolute atomic E-state index is 0.0171. The summed E-state index contributed by atoms with van der Waals surface area (Å²) in [7, 11) is 0. The Labute approximate surface area is 324 Å². The molecule has 2 aromatic carbocycles. The highest BCUT2D eigenvalue weighted by molar-refractivity contribution is 6.53. The zero-order valence-electron chi connectivity index (χ0n) is 30.4. The van der Waals surface area contributed by atoms with Crippen molar-refractivity contribution in [3.8, 4) is 11.1 Å². The molecule has 0 radical (unpaired) electrons. The third kappa shape index (κ3) is 11.0. The number of carbonyl (C=O) groups is 11. The van der Waals surface area contributed by atoms with Gasteiger partial charge in [-0.15, -0.1) is 0 Å². The van der Waals surface area contributed by atoms with E-state index in [4.69, 9.17) is 21.7 Å². The van der Waals surface area contributed by atoms with Crippen LogP contribution in [0.4, 0.5) is 0 Å². The van der Waals surface area contributed by atoms with E-state index in [9.17, 15) is 52.7 Å². The van der Waals surface area contributed by atoms with Gasteiger partial charge in [0, 0.05) is 42.5 Å². The van der Waals surface area contributed by atoms with E-state index in [0.717, 1.165) is 4.90 Å². The molecule has 1 aliphatic heterocycles. The summed E-state index contributed by atoms with van der Waals surface area (Å²) in [5.41, 5.74) is 11.6. The number of ketones is 2. The van der Waals surface area contributed by atoms with Gasteiger partial charge in [0.15, 0.2) is 0 Å². The van der Waals surface area contributed by atoms with Crippen LogP contribution in [-0.2, 0) is 38.4 Å². The molecule has 2 aromatic rings. The summed E-state index contributed by atoms with van der Waals surface area (Å²) < 4.78 is 0. The molecule has 10 N–H and O–H groups in total. The lowest BCUT2D eigenvalue weighted by molar-refractivity contribution is -0.143. The maximum atomic E-state index is 14.0. The number of carboxylic acids is 2. The summed E-state index contributed by atoms with van der Waals surface area (Å²) in [5, 5.41) is 27.4. The standard InChI is InChI=1S/C37H41N7O13/c38-27(45)12-9-24(41-33(53)18-7-8-20-19-4-1-2-5-21(19)31(51)32(52)22(20)16-18)35(55)43-25(10-13-28(39)46)37(57)44-15-3-6-26(44)36(56)42-23(11-14-29(47)48)34(54)40-17-30(49)50/h1-2,4-5,7-8,16,23-26H,3,6,9-15,17H2,(H2,38,45)(H2,39,46)(H,40,54)(H,41,53)(H,42,56)(H,43,55)(H,47,48)(H,49,50)/t23-,24-,25-,26-/m0/s1. The van der Waals surface area contributed by atoms with E-state index in [2.05, 4.69) is 21.3 Å². The summed E-state index contributed by atoms with van der Waals surface area (Å²) in [6, 6.07) is 4.76. The highest BCUT2D eigenvalue weighted by atomic mass is 16.4. The molecule has 57 heavy (non-hydrogen) atoms. The molecular formula is C37H41N7O13. The third-order valence-electron chi connectivity index (χ3n) is 9.32. The summed E-state index contributed by atoms with van der Waals surface area (Å²) >= 11 is 0. The number of likely N-dealkylation sites (tertiary alicyclic amines) is 1. The predicted molar refractivity (Wildman–Crippen MR) is 195 cm³/mol. The van der Waals surface area contributed by atoms with Gasteiger partial charge in [-0.2, -0.15) is 0 Å². The van der Waals surface area contributed by atoms with Crippen molar-refractivity contribution in [2.45, 2.75) is 75.5 Å². The van der Waals surface area contributed by atoms with Crippen LogP contribution in [-0.4, -0.2) is 117 Å². The van der Waals surface area contributed by atoms with Gasteiger partial charge in [0.2, 0.25) is 47.0 Å². The fraction of sp³-hybridized carbons (Fsp3) is 0.378. The van der Waals surface area contributed by atoms with Gasteiger partial charge in [-0.05, 0) is 55.4 Å². The van der Waals surface area contributed by atoms with Crippen LogP contribution in [0.5, 0.6) is 0 Å². The van der Waals surface area contributed by atoms with E-state index in [1.54, 1.807) is 18.2 Å². The third-order valence-corrected chi connectivity index (χ3v) is 9.32. The first-order valence-corrected chi connectivity index (χ1v) is 17.8. The average Bonchev–Trinajstić information content (AvgIpc) is 3.67. The number of hydrogen-bond acceptors (Lipinski definition) is 11. The van der Waals surface area contributed by atoms with Crippen molar-refractivity contribution >= 4 is 64.9 Å². The number of hydrogen-bond donors (Lipinski definition) is 8. The fourth-order valence-electron chi connectivity index (χ4n) is 6.48. The molecule has 0 bridgehead atoms. The summed E-state index contributed by atoms with van der Waals surface area (Å²) in [5.74, 6) is -10.5. The number of primary amides is 2. The van der Waals surface area contributed by atoms with Gasteiger partial charge >= 0.3 is 11.9 Å². The van der Waals surface area contributed by atoms with E-state index in [0.29, 0.717) is 11.1 Å². The molecule has 1 aliphatic carbocycles. The van der Waals surface area contributed by atoms with Gasteiger partial charge in [0.1, 0.15) is 30.7 Å². The Morgan fingerprint density at radius 1 is 0.684 bits per heavy atom. The van der Waals surface area contributed by atoms with Crippen LogP contribution >= 0.6 is 0 Å². The Bertz CT molecular complexity index is 2020. The van der Waals surface area contributed by atoms with E-state index in [1.807, 2.05) is 0 Å². The number of nitrogens with zero attached hydrogens (tertiary/aromatic N) is 1. The van der Waals surface area contributed by atoms with Gasteiger partial charge in [-0.25, -0.2) is 0 Å². The van der Waals surface area contributed by atoms with Crippen LogP contribution in [0.15, 0.2) is 42.5 Å². The number of nitrogens with one attached hydrogen (secondary N) is 4. The van der Waals surface area contributed by atoms with Crippen molar-refractivity contribution in [3.63, 3.8) is 0 Å². The monoisotopic (exact) mass is 791 g/mol. The van der Waals surface area contributed by atoms with Crippen molar-refractivity contribution in [2.75, 3.05) is 13.1 Å². The lowest BCUT2D eigenvalue weighted by atomic mass is 9.83. The molecule has 1 fully saturated rings. The first kappa shape index (κ1) is 42.7. The molecule has 0 saturated carbocycles. The lowest BCUT2D eigenvalue weighted by Gasteiger charge is -2.30. The van der Waals surface area contributed by atoms with Gasteiger partial charge in [0.05, 0.1) is 0 Å². The lowest BCUT2D eigenvalue weighted by Crippen LogP contribution is -2.58. The van der Waals surface area contributed by atoms with Gasteiger partial charge in [0.25, 0.3) is 5.91 Å². The summed E-state index contributed by atoms with van der Waals surface area (Å²) in [6.45, 7) is -0.825. The number of aliphatic carboxylic acids is 2. The van der Waals surface area contributed by atoms with Crippen LogP contribution in [0.3, 0.4) is 0 Å². The Hall–Kier alpha value is -6.99. The number of Topliss-reactive ketones (excluding diaryl/α,β-unsaturated/α-hetero) is 2. The van der Waals surface area contributed by atoms with Crippen molar-refractivity contribution in [3.05, 3.63) is 59.2 Å². The Morgan fingerprint density at radius 2 is 1.26 bits per heavy atom. The van der Waals surface area contributed by atoms with E-state index in [-0.39, 0.29) is 48.9 Å². The first-order valence-electron chi connectivity index (χ1n) is 17.8. The Balaban J connectivity index is 1.54. The zero-order valence-corrected chi connectivity index (χ0v) is 30.4. The molecule has 0 aromatic heterocycles. The van der Waals surface area contributed by atoms with Gasteiger partial charge in [-0.3, -0.25) is 52.7 Å². The Morgan fingerprint density at radius 3 is 1.89 bits per heavy atom. The summed E-state index contributed by atoms with van der Waals surface area (Å²) in [4.78, 5) is 140. The van der Waals surface area contributed by atoms with E-state index >= 15 is 0 Å². The fourth-order valence-corrected chi connectivity index (χ4v) is 6.48. The minimum atomic E-state index is -1.51. The normalized spacial score (nSPS) is 15.9. The van der Waals surface area contributed by atoms with E-state index < -0.39 is 121 Å². The van der Waals surface area contributed by atoms with E-state index in [1.165, 1.54) is 24.3 Å². The molecule has 20 heteroatoms. The topological polar surface area (TPSA) is 332 Å². The quantitative estimate of drug-likeness (QED) is 0.0744. The number of amides is 7. The van der Waals surface area contributed by atoms with Crippen LogP contribution in [0, 0.1) is 0 Å². The van der Waals surface area contributed by atoms with Crippen LogP contribution in [0.25, 0.3) is 11.1 Å². The number of rotatable bonds is 19. The van der Waals surface area contributed by atoms with Gasteiger partial charge in [-0.1, -0.05) is 30.3 Å². The van der Waals surface area contributed by atoms with Crippen molar-refractivity contribution in [1.82, 2.24) is 26.2 Å². The SMILES string of the molecule is NC(=O)CC[C@H](NC(=O)c1ccc2c(c1)C(=O)C(=O)c1ccccc1-2)C(=O)N[C@@H](CCC(N)=O)C(=O)N1CCC[C@H]1C(=O)N[C@@H](CCC(=O)O)C(=O)NCC(=O)O. The number of carboxylic acid groups (broad SMARTS) is 2. The molecular weight excluding hydrogens is 750 g/mol. The minimum Gasteiger partial charge on any atom is -0.481 e. The second-order valence-corrected chi connectivity index (χ2v) is 13.4. The molecule has 4 rings (SSSR count). The maximum absolute atomic E-state index is 14.0. The zero-order chi connectivity index (χ0) is 42.0. The molecule has 0 unspecified atom stereocenters. The summed E-state index contributed by atoms with van der Waals surface area (Å²) in [6.07, 6.45) is -2.13. The number of benzene rings is 2. The number of fused-ring (bicyclic) bond motifs is 3. The van der Waals surface area contributed by atoms with Crippen molar-refractivity contribution < 1.29 is 63.0 Å². The molecule has 20 nitrogen and oxygen atoms in total. The molecule has 7 amide bonds. The molecule has 302 valence electrons. The van der Waals surface area contributed by atoms with Gasteiger partial charge < -0.3 is 47.8 Å². The molecule has 2 aliphatic rings. The molecule has 1 heterocycles. The maximum Gasteiger partial charge on any atom is 0.322 e. The smallest absolute Gasteiger partial charge is 0.322 e. The second kappa shape index (κ2) is 19.0. The second-order valence-electron chi connectivity index (χ2n) is 13.4. The molecule has 1 saturated heterocycles. The highest BCUT2D eigenvalue weighted by Gasteiger charge is 2.40. The van der Waals surface area contributed by atoms with Crippen LogP contribution in [0.1, 0.15) is 82.4 Å². The predicted octanol–water partition coefficient (Wildman–Crippen LogP) is -1.61. The van der Waals surface area contributed by atoms with Crippen LogP contribution < -0.4 is 32.7 Å². The van der Waals surface area contributed by atoms with Crippen molar-refractivity contribution in [1.29, 1.82) is 0 Å². The Kier molecular flexibility index (Phi) is 14.3. The first-order chi connectivity index (χ1) is 27.0. The van der Waals surface area contributed by atoms with Crippen LogP contribution in [0.2, 0.25) is 0 Å². The number of carbonyl (C=O) groups excluding carboxylic acids is 9. The average molecular weight is 792 g/mol. The highest BCUT2D eigenvalue weighted by Crippen LogP contribution is 2.34. The van der Waals surface area contributed by atoms with Crippen molar-refractivity contribution in [2.24, 2.45) is 11.5 Å². The number of nitrogens with two attached hydrogens (primary N) is 2. The largest absolute Gasteiger partial charge is 0.481 e. The molecule has 4 atom stereocenters.